The fourth-order valence-electron chi connectivity index (χ4n) is 1.01. The Labute approximate surface area is 120 Å². The Balaban J connectivity index is 1.93. The van der Waals surface area contributed by atoms with Crippen molar-refractivity contribution in [1.82, 2.24) is 20.6 Å². The van der Waals surface area contributed by atoms with Crippen molar-refractivity contribution < 1.29 is 4.79 Å². The van der Waals surface area contributed by atoms with Crippen molar-refractivity contribution >= 4 is 52.1 Å². The standard InChI is InChI=1S/C8H9N5OS4/c1-15-7-12-13-8(18-7)17-3-4-2-16-6(10-4)5(14)11-9/h2H,3,9H2,1H3,(H,11,14). The van der Waals surface area contributed by atoms with Gasteiger partial charge in [0.2, 0.25) is 0 Å². The molecule has 2 aromatic rings. The smallest absolute Gasteiger partial charge is 0.288 e. The lowest BCUT2D eigenvalue weighted by atomic mass is 10.5. The number of rotatable bonds is 5. The van der Waals surface area contributed by atoms with Crippen molar-refractivity contribution in [3.63, 3.8) is 0 Å². The lowest BCUT2D eigenvalue weighted by Gasteiger charge is -1.93. The summed E-state index contributed by atoms with van der Waals surface area (Å²) in [5.74, 6) is 5.34. The summed E-state index contributed by atoms with van der Waals surface area (Å²) in [7, 11) is 0. The molecule has 0 fully saturated rings. The van der Waals surface area contributed by atoms with E-state index in [0.29, 0.717) is 10.8 Å². The predicted molar refractivity (Wildman–Crippen MR) is 75.0 cm³/mol. The van der Waals surface area contributed by atoms with E-state index < -0.39 is 0 Å². The normalized spacial score (nSPS) is 10.6. The zero-order valence-corrected chi connectivity index (χ0v) is 12.5. The minimum Gasteiger partial charge on any atom is -0.288 e. The molecule has 2 rings (SSSR count). The van der Waals surface area contributed by atoms with Crippen LogP contribution in [0.25, 0.3) is 0 Å². The zero-order valence-electron chi connectivity index (χ0n) is 9.24. The molecule has 1 amide bonds. The second-order valence-corrected chi connectivity index (χ2v) is 7.06. The highest BCUT2D eigenvalue weighted by Crippen LogP contribution is 2.29. The lowest BCUT2D eigenvalue weighted by Crippen LogP contribution is -2.29. The molecule has 0 aliphatic rings. The van der Waals surface area contributed by atoms with Gasteiger partial charge in [-0.15, -0.1) is 21.5 Å². The molecule has 10 heteroatoms. The van der Waals surface area contributed by atoms with E-state index in [2.05, 4.69) is 20.6 Å². The van der Waals surface area contributed by atoms with E-state index in [-0.39, 0.29) is 5.91 Å². The quantitative estimate of drug-likeness (QED) is 0.374. The van der Waals surface area contributed by atoms with E-state index in [1.807, 2.05) is 11.6 Å². The van der Waals surface area contributed by atoms with E-state index >= 15 is 0 Å². The maximum atomic E-state index is 11.2. The number of amides is 1. The summed E-state index contributed by atoms with van der Waals surface area (Å²) < 4.78 is 1.84. The second-order valence-electron chi connectivity index (χ2n) is 2.94. The molecule has 0 aliphatic heterocycles. The summed E-state index contributed by atoms with van der Waals surface area (Å²) in [5.41, 5.74) is 2.90. The molecule has 2 heterocycles. The Morgan fingerprint density at radius 3 is 2.94 bits per heavy atom. The summed E-state index contributed by atoms with van der Waals surface area (Å²) in [5, 5.41) is 10.3. The number of hydrogen-bond donors (Lipinski definition) is 2. The summed E-state index contributed by atoms with van der Waals surface area (Å²) in [4.78, 5) is 15.4. The SMILES string of the molecule is CSc1nnc(SCc2csc(C(=O)NN)n2)s1. The number of carbonyl (C=O) groups is 1. The van der Waals surface area contributed by atoms with Crippen LogP contribution in [-0.4, -0.2) is 27.3 Å². The molecule has 0 radical (unpaired) electrons. The van der Waals surface area contributed by atoms with Crippen molar-refractivity contribution in [3.8, 4) is 0 Å². The molecule has 3 N–H and O–H groups in total. The predicted octanol–water partition coefficient (Wildman–Crippen LogP) is 1.61. The summed E-state index contributed by atoms with van der Waals surface area (Å²) in [6.07, 6.45) is 1.97. The molecule has 2 aromatic heterocycles. The van der Waals surface area contributed by atoms with Gasteiger partial charge in [0.05, 0.1) is 5.69 Å². The van der Waals surface area contributed by atoms with Crippen LogP contribution in [0.1, 0.15) is 15.5 Å². The Kier molecular flexibility index (Phi) is 4.95. The number of nitrogens with zero attached hydrogens (tertiary/aromatic N) is 3. The number of hydrogen-bond acceptors (Lipinski definition) is 9. The molecular weight excluding hydrogens is 310 g/mol. The highest BCUT2D eigenvalue weighted by Gasteiger charge is 2.10. The molecule has 0 bridgehead atoms. The third-order valence-electron chi connectivity index (χ3n) is 1.78. The summed E-state index contributed by atoms with van der Waals surface area (Å²) in [6, 6.07) is 0. The van der Waals surface area contributed by atoms with Crippen molar-refractivity contribution in [2.75, 3.05) is 6.26 Å². The monoisotopic (exact) mass is 319 g/mol. The molecule has 0 saturated heterocycles. The van der Waals surface area contributed by atoms with Crippen molar-refractivity contribution in [3.05, 3.63) is 16.1 Å². The average Bonchev–Trinajstić information content (AvgIpc) is 3.04. The summed E-state index contributed by atoms with van der Waals surface area (Å²) in [6.45, 7) is 0. The van der Waals surface area contributed by atoms with Gasteiger partial charge in [0, 0.05) is 11.1 Å². The first-order chi connectivity index (χ1) is 8.72. The van der Waals surface area contributed by atoms with Crippen LogP contribution in [-0.2, 0) is 5.75 Å². The molecule has 0 spiro atoms. The lowest BCUT2D eigenvalue weighted by molar-refractivity contribution is 0.0953. The molecule has 18 heavy (non-hydrogen) atoms. The number of aromatic nitrogens is 3. The van der Waals surface area contributed by atoms with Crippen LogP contribution < -0.4 is 11.3 Å². The van der Waals surface area contributed by atoms with E-state index in [1.165, 1.54) is 11.3 Å². The van der Waals surface area contributed by atoms with E-state index in [1.54, 1.807) is 34.9 Å². The van der Waals surface area contributed by atoms with Gasteiger partial charge < -0.3 is 0 Å². The second kappa shape index (κ2) is 6.48. The van der Waals surface area contributed by atoms with Crippen molar-refractivity contribution in [1.29, 1.82) is 0 Å². The molecule has 0 aromatic carbocycles. The minimum absolute atomic E-state index is 0.364. The van der Waals surface area contributed by atoms with Gasteiger partial charge in [0.25, 0.3) is 5.91 Å². The number of thioether (sulfide) groups is 2. The highest BCUT2D eigenvalue weighted by atomic mass is 32.2. The molecule has 6 nitrogen and oxygen atoms in total. The van der Waals surface area contributed by atoms with Crippen LogP contribution in [0.4, 0.5) is 0 Å². The number of nitrogens with two attached hydrogens (primary N) is 1. The summed E-state index contributed by atoms with van der Waals surface area (Å²) >= 11 is 5.95. The Hall–Kier alpha value is -0.680. The fraction of sp³-hybridized carbons (Fsp3) is 0.250. The van der Waals surface area contributed by atoms with Gasteiger partial charge in [-0.05, 0) is 6.26 Å². The number of nitrogen functional groups attached to an aromatic ring is 1. The van der Waals surface area contributed by atoms with Crippen LogP contribution in [0.2, 0.25) is 0 Å². The van der Waals surface area contributed by atoms with Gasteiger partial charge in [-0.2, -0.15) is 0 Å². The first-order valence-electron chi connectivity index (χ1n) is 4.68. The minimum atomic E-state index is -0.364. The van der Waals surface area contributed by atoms with Crippen LogP contribution >= 0.6 is 46.2 Å². The van der Waals surface area contributed by atoms with Gasteiger partial charge in [-0.3, -0.25) is 10.2 Å². The number of nitrogens with one attached hydrogen (secondary N) is 1. The Morgan fingerprint density at radius 1 is 1.50 bits per heavy atom. The molecule has 96 valence electrons. The van der Waals surface area contributed by atoms with Crippen molar-refractivity contribution in [2.24, 2.45) is 5.84 Å². The number of thiazole rings is 1. The van der Waals surface area contributed by atoms with Gasteiger partial charge in [-0.1, -0.05) is 34.9 Å². The third kappa shape index (κ3) is 3.42. The Bertz CT molecular complexity index is 539. The molecule has 0 unspecified atom stereocenters. The maximum absolute atomic E-state index is 11.2. The molecule has 0 aliphatic carbocycles. The van der Waals surface area contributed by atoms with Crippen LogP contribution in [0, 0.1) is 0 Å². The molecule has 0 atom stereocenters. The van der Waals surface area contributed by atoms with Gasteiger partial charge >= 0.3 is 0 Å². The van der Waals surface area contributed by atoms with Crippen LogP contribution in [0.3, 0.4) is 0 Å². The van der Waals surface area contributed by atoms with E-state index in [9.17, 15) is 4.79 Å². The average molecular weight is 319 g/mol. The van der Waals surface area contributed by atoms with Crippen LogP contribution in [0.5, 0.6) is 0 Å². The number of carbonyl (C=O) groups excluding carboxylic acids is 1. The van der Waals surface area contributed by atoms with Gasteiger partial charge in [-0.25, -0.2) is 10.8 Å². The topological polar surface area (TPSA) is 93.8 Å². The maximum Gasteiger partial charge on any atom is 0.294 e. The zero-order chi connectivity index (χ0) is 13.0. The third-order valence-corrected chi connectivity index (χ3v) is 5.74. The molecular formula is C8H9N5OS4. The highest BCUT2D eigenvalue weighted by molar-refractivity contribution is 8.02. The Morgan fingerprint density at radius 2 is 2.28 bits per heavy atom. The van der Waals surface area contributed by atoms with E-state index in [0.717, 1.165) is 14.4 Å². The van der Waals surface area contributed by atoms with Crippen LogP contribution in [0.15, 0.2) is 14.1 Å². The van der Waals surface area contributed by atoms with E-state index in [4.69, 9.17) is 5.84 Å². The van der Waals surface area contributed by atoms with Crippen molar-refractivity contribution in [2.45, 2.75) is 14.4 Å². The first kappa shape index (κ1) is 13.7. The van der Waals surface area contributed by atoms with Gasteiger partial charge in [0.15, 0.2) is 13.7 Å². The first-order valence-corrected chi connectivity index (χ1v) is 8.59. The largest absolute Gasteiger partial charge is 0.294 e. The number of hydrazine groups is 1. The fourth-order valence-corrected chi connectivity index (χ4v) is 4.17. The molecule has 0 saturated carbocycles. The van der Waals surface area contributed by atoms with Gasteiger partial charge in [0.1, 0.15) is 0 Å².